The fourth-order valence-corrected chi connectivity index (χ4v) is 7.18. The Hall–Kier alpha value is -3.00. The van der Waals surface area contributed by atoms with Crippen LogP contribution < -0.4 is 5.32 Å². The van der Waals surface area contributed by atoms with Crippen molar-refractivity contribution >= 4 is 34.9 Å². The third-order valence-electron chi connectivity index (χ3n) is 9.47. The second-order valence-electron chi connectivity index (χ2n) is 13.2. The van der Waals surface area contributed by atoms with E-state index in [0.29, 0.717) is 23.9 Å². The fraction of sp³-hybridized carbons (Fsp3) is 0.500. The van der Waals surface area contributed by atoms with Gasteiger partial charge in [0.15, 0.2) is 0 Å². The number of amides is 3. The highest BCUT2D eigenvalue weighted by atomic mass is 35.5. The molecule has 2 saturated heterocycles. The topological polar surface area (TPSA) is 73.0 Å². The molecule has 4 aliphatic rings. The van der Waals surface area contributed by atoms with E-state index in [1.54, 1.807) is 10.5 Å². The van der Waals surface area contributed by atoms with E-state index in [0.717, 1.165) is 69.1 Å². The van der Waals surface area contributed by atoms with Crippen LogP contribution in [0.2, 0.25) is 5.02 Å². The van der Waals surface area contributed by atoms with E-state index in [1.807, 2.05) is 18.2 Å². The van der Waals surface area contributed by atoms with Crippen molar-refractivity contribution in [1.82, 2.24) is 20.0 Å². The molecule has 3 heterocycles. The van der Waals surface area contributed by atoms with E-state index in [2.05, 4.69) is 53.2 Å². The third-order valence-corrected chi connectivity index (χ3v) is 9.72. The van der Waals surface area contributed by atoms with E-state index in [-0.39, 0.29) is 24.1 Å². The Balaban J connectivity index is 1.09. The molecule has 7 nitrogen and oxygen atoms in total. The van der Waals surface area contributed by atoms with Crippen molar-refractivity contribution < 1.29 is 14.4 Å². The molecule has 0 aromatic heterocycles. The third kappa shape index (κ3) is 6.34. The zero-order chi connectivity index (χ0) is 29.4. The number of piperidine rings is 1. The first-order valence-corrected chi connectivity index (χ1v) is 15.7. The van der Waals surface area contributed by atoms with Gasteiger partial charge in [0.25, 0.3) is 5.91 Å². The summed E-state index contributed by atoms with van der Waals surface area (Å²) in [4.78, 5) is 43.8. The number of nitrogens with zero attached hydrogens (tertiary/aromatic N) is 3. The molecule has 2 aromatic carbocycles. The van der Waals surface area contributed by atoms with E-state index < -0.39 is 6.04 Å². The quantitative estimate of drug-likeness (QED) is 0.465. The summed E-state index contributed by atoms with van der Waals surface area (Å²) in [6, 6.07) is 13.9. The summed E-state index contributed by atoms with van der Waals surface area (Å²) in [6.07, 6.45) is 5.26. The highest BCUT2D eigenvalue weighted by Crippen LogP contribution is 2.43. The summed E-state index contributed by atoms with van der Waals surface area (Å²) in [5, 5.41) is 3.16. The van der Waals surface area contributed by atoms with Gasteiger partial charge < -0.3 is 4.90 Å². The smallest absolute Gasteiger partial charge is 0.255 e. The predicted molar refractivity (Wildman–Crippen MR) is 165 cm³/mol. The zero-order valence-corrected chi connectivity index (χ0v) is 25.5. The van der Waals surface area contributed by atoms with Crippen molar-refractivity contribution in [1.29, 1.82) is 0 Å². The molecule has 8 heteroatoms. The maximum Gasteiger partial charge on any atom is 0.255 e. The van der Waals surface area contributed by atoms with E-state index in [9.17, 15) is 14.4 Å². The lowest BCUT2D eigenvalue weighted by Gasteiger charge is -2.35. The number of hydrogen-bond acceptors (Lipinski definition) is 5. The normalized spacial score (nSPS) is 23.6. The fourth-order valence-electron chi connectivity index (χ4n) is 7.06. The summed E-state index contributed by atoms with van der Waals surface area (Å²) in [7, 11) is 0. The highest BCUT2D eigenvalue weighted by molar-refractivity contribution is 6.30. The number of fused-ring (bicyclic) bond motifs is 1. The van der Waals surface area contributed by atoms with Crippen molar-refractivity contribution in [2.75, 3.05) is 32.7 Å². The van der Waals surface area contributed by atoms with Crippen molar-refractivity contribution in [2.45, 2.75) is 71.5 Å². The molecule has 42 heavy (non-hydrogen) atoms. The Morgan fingerprint density at radius 1 is 0.929 bits per heavy atom. The number of allylic oxidation sites excluding steroid dienone is 1. The summed E-state index contributed by atoms with van der Waals surface area (Å²) in [5.74, 6) is -0.746. The molecule has 0 spiro atoms. The Bertz CT molecular complexity index is 1420. The Kier molecular flexibility index (Phi) is 8.27. The number of imide groups is 1. The Morgan fingerprint density at radius 3 is 2.40 bits per heavy atom. The molecule has 222 valence electrons. The van der Waals surface area contributed by atoms with E-state index in [1.165, 1.54) is 23.1 Å². The first kappa shape index (κ1) is 29.1. The minimum absolute atomic E-state index is 0.116. The monoisotopic (exact) mass is 588 g/mol. The summed E-state index contributed by atoms with van der Waals surface area (Å²) >= 11 is 6.20. The van der Waals surface area contributed by atoms with Crippen LogP contribution >= 0.6 is 11.6 Å². The molecule has 0 radical (unpaired) electrons. The standard InChI is InChI=1S/C34H41ClN4O3/c1-34(2)13-12-25(29(19-34)24-5-7-27(35)8-6-24)21-38-15-3-14-37(16-17-38)20-23-4-9-28-26(18-23)22-39(33(28)42)30-10-11-31(40)36-32(30)41/h4-9,18,30H,3,10-17,19-22H2,1-2H3,(H,36,40,41). The molecule has 3 amide bonds. The molecular formula is C34H41ClN4O3. The second-order valence-corrected chi connectivity index (χ2v) is 13.7. The number of carbonyl (C=O) groups excluding carboxylic acids is 3. The second kappa shape index (κ2) is 11.9. The van der Waals surface area contributed by atoms with Gasteiger partial charge in [0, 0.05) is 49.7 Å². The molecule has 1 aliphatic carbocycles. The lowest BCUT2D eigenvalue weighted by molar-refractivity contribution is -0.136. The first-order valence-electron chi connectivity index (χ1n) is 15.3. The number of carbonyl (C=O) groups is 3. The van der Waals surface area contributed by atoms with Crippen LogP contribution in [-0.4, -0.2) is 71.2 Å². The SMILES string of the molecule is CC1(C)CCC(CN2CCCN(Cc3ccc4c(c3)CN(C3CCC(=O)NC3=O)C4=O)CC2)=C(c2ccc(Cl)cc2)C1. The van der Waals surface area contributed by atoms with Crippen LogP contribution in [0.4, 0.5) is 0 Å². The number of halogens is 1. The molecule has 1 unspecified atom stereocenters. The van der Waals surface area contributed by atoms with Gasteiger partial charge >= 0.3 is 0 Å². The minimum Gasteiger partial charge on any atom is -0.322 e. The van der Waals surface area contributed by atoms with Gasteiger partial charge in [-0.2, -0.15) is 0 Å². The molecule has 0 bridgehead atoms. The summed E-state index contributed by atoms with van der Waals surface area (Å²) in [5.41, 5.74) is 7.55. The number of nitrogens with one attached hydrogen (secondary N) is 1. The maximum atomic E-state index is 13.1. The molecule has 6 rings (SSSR count). The van der Waals surface area contributed by atoms with Crippen LogP contribution in [0.1, 0.15) is 79.4 Å². The Morgan fingerprint density at radius 2 is 1.67 bits per heavy atom. The number of benzene rings is 2. The first-order chi connectivity index (χ1) is 20.1. The lowest BCUT2D eigenvalue weighted by atomic mass is 9.72. The summed E-state index contributed by atoms with van der Waals surface area (Å²) in [6.45, 7) is 11.2. The summed E-state index contributed by atoms with van der Waals surface area (Å²) < 4.78 is 0. The molecule has 1 atom stereocenters. The van der Waals surface area contributed by atoms with Gasteiger partial charge in [-0.1, -0.05) is 55.3 Å². The molecule has 0 saturated carbocycles. The van der Waals surface area contributed by atoms with E-state index in [4.69, 9.17) is 11.6 Å². The molecule has 3 aliphatic heterocycles. The number of rotatable bonds is 6. The molecule has 2 fully saturated rings. The number of hydrogen-bond donors (Lipinski definition) is 1. The van der Waals surface area contributed by atoms with Crippen LogP contribution in [0.5, 0.6) is 0 Å². The minimum atomic E-state index is -0.576. The van der Waals surface area contributed by atoms with Gasteiger partial charge in [-0.15, -0.1) is 0 Å². The van der Waals surface area contributed by atoms with Crippen LogP contribution in [0.15, 0.2) is 48.0 Å². The maximum absolute atomic E-state index is 13.1. The molecule has 1 N–H and O–H groups in total. The van der Waals surface area contributed by atoms with Gasteiger partial charge in [0.05, 0.1) is 0 Å². The van der Waals surface area contributed by atoms with Gasteiger partial charge in [0.2, 0.25) is 11.8 Å². The average molecular weight is 589 g/mol. The van der Waals surface area contributed by atoms with Crippen molar-refractivity contribution in [3.63, 3.8) is 0 Å². The van der Waals surface area contributed by atoms with Gasteiger partial charge in [-0.3, -0.25) is 29.5 Å². The van der Waals surface area contributed by atoms with Crippen LogP contribution in [0.25, 0.3) is 5.57 Å². The van der Waals surface area contributed by atoms with Gasteiger partial charge in [0.1, 0.15) is 6.04 Å². The predicted octanol–water partition coefficient (Wildman–Crippen LogP) is 5.27. The van der Waals surface area contributed by atoms with Crippen molar-refractivity contribution in [3.05, 3.63) is 75.3 Å². The van der Waals surface area contributed by atoms with Gasteiger partial charge in [-0.25, -0.2) is 0 Å². The largest absolute Gasteiger partial charge is 0.322 e. The average Bonchev–Trinajstić information content (AvgIpc) is 3.11. The van der Waals surface area contributed by atoms with Crippen molar-refractivity contribution in [2.24, 2.45) is 5.41 Å². The lowest BCUT2D eigenvalue weighted by Crippen LogP contribution is -2.52. The Labute approximate surface area is 253 Å². The van der Waals surface area contributed by atoms with Gasteiger partial charge in [-0.05, 0) is 91.1 Å². The highest BCUT2D eigenvalue weighted by Gasteiger charge is 2.39. The van der Waals surface area contributed by atoms with Crippen LogP contribution in [-0.2, 0) is 22.7 Å². The van der Waals surface area contributed by atoms with Crippen LogP contribution in [0.3, 0.4) is 0 Å². The van der Waals surface area contributed by atoms with Crippen LogP contribution in [0, 0.1) is 5.41 Å². The molecular weight excluding hydrogens is 548 g/mol. The molecule has 2 aromatic rings. The van der Waals surface area contributed by atoms with Crippen molar-refractivity contribution in [3.8, 4) is 0 Å². The zero-order valence-electron chi connectivity index (χ0n) is 24.8. The van der Waals surface area contributed by atoms with E-state index >= 15 is 0 Å².